The normalized spacial score (nSPS) is 25.4. The highest BCUT2D eigenvalue weighted by molar-refractivity contribution is 5.99. The maximum Gasteiger partial charge on any atom is 0.420 e. The van der Waals surface area contributed by atoms with Crippen LogP contribution >= 0.6 is 12.4 Å². The molecule has 2 saturated carbocycles. The van der Waals surface area contributed by atoms with Gasteiger partial charge in [0.25, 0.3) is 0 Å². The van der Waals surface area contributed by atoms with E-state index >= 15 is 0 Å². The number of halogens is 5. The van der Waals surface area contributed by atoms with Gasteiger partial charge in [-0.25, -0.2) is 31.9 Å². The first-order valence-electron chi connectivity index (χ1n) is 12.1. The Bertz CT molecular complexity index is 868. The van der Waals surface area contributed by atoms with Crippen LogP contribution in [0.3, 0.4) is 0 Å². The molecule has 15 heteroatoms. The molecule has 228 valence electrons. The van der Waals surface area contributed by atoms with Gasteiger partial charge in [-0.3, -0.25) is 4.79 Å². The van der Waals surface area contributed by atoms with Gasteiger partial charge >= 0.3 is 24.1 Å². The lowest BCUT2D eigenvalue weighted by molar-refractivity contribution is -0.152. The molecule has 0 bridgehead atoms. The fourth-order valence-corrected chi connectivity index (χ4v) is 3.55. The van der Waals surface area contributed by atoms with Gasteiger partial charge in [-0.15, -0.1) is 12.4 Å². The van der Waals surface area contributed by atoms with Crippen molar-refractivity contribution in [1.29, 1.82) is 0 Å². The zero-order valence-corrected chi connectivity index (χ0v) is 24.2. The zero-order valence-electron chi connectivity index (χ0n) is 23.3. The van der Waals surface area contributed by atoms with E-state index in [1.54, 1.807) is 48.5 Å². The Labute approximate surface area is 231 Å². The summed E-state index contributed by atoms with van der Waals surface area (Å²) in [6.07, 6.45) is -8.30. The first kappa shape index (κ1) is 36.6. The van der Waals surface area contributed by atoms with Crippen molar-refractivity contribution in [2.75, 3.05) is 13.2 Å². The largest absolute Gasteiger partial charge is 0.465 e. The topological polar surface area (TPSA) is 134 Å². The van der Waals surface area contributed by atoms with Crippen molar-refractivity contribution in [1.82, 2.24) is 4.90 Å². The van der Waals surface area contributed by atoms with Crippen LogP contribution in [0.4, 0.5) is 27.2 Å². The lowest BCUT2D eigenvalue weighted by Crippen LogP contribution is -2.55. The SMILES string of the molecule is CCOC(=O)[C@@]1(N(C(=O)OC(C)(C)C)C(=O)OC(C)(C)C)C[C@H]1C(F)F.CCOC(=O)[C@@]1(N)C[C@H]1C(F)F.Cl. The van der Waals surface area contributed by atoms with Gasteiger partial charge in [-0.2, -0.15) is 4.90 Å². The smallest absolute Gasteiger partial charge is 0.420 e. The minimum atomic E-state index is -2.92. The Morgan fingerprint density at radius 3 is 1.46 bits per heavy atom. The number of carbonyl (C=O) groups excluding carboxylic acids is 4. The lowest BCUT2D eigenvalue weighted by Gasteiger charge is -2.33. The fraction of sp³-hybridized carbons (Fsp3) is 0.833. The summed E-state index contributed by atoms with van der Waals surface area (Å²) in [5, 5.41) is 0. The van der Waals surface area contributed by atoms with E-state index in [1.807, 2.05) is 0 Å². The number of esters is 2. The summed E-state index contributed by atoms with van der Waals surface area (Å²) in [7, 11) is 0. The summed E-state index contributed by atoms with van der Waals surface area (Å²) in [5.41, 5.74) is -0.199. The monoisotopic (exact) mass is 594 g/mol. The Kier molecular flexibility index (Phi) is 12.5. The van der Waals surface area contributed by atoms with Gasteiger partial charge in [0.05, 0.1) is 25.0 Å². The van der Waals surface area contributed by atoms with Crippen molar-refractivity contribution in [3.05, 3.63) is 0 Å². The van der Waals surface area contributed by atoms with Crippen molar-refractivity contribution >= 4 is 36.5 Å². The molecule has 2 rings (SSSR count). The van der Waals surface area contributed by atoms with Crippen LogP contribution < -0.4 is 5.73 Å². The fourth-order valence-electron chi connectivity index (χ4n) is 3.55. The Balaban J connectivity index is 0.000000929. The second-order valence-corrected chi connectivity index (χ2v) is 11.0. The summed E-state index contributed by atoms with van der Waals surface area (Å²) in [5.74, 6) is -4.35. The Morgan fingerprint density at radius 2 is 1.18 bits per heavy atom. The number of hydrogen-bond acceptors (Lipinski definition) is 9. The standard InChI is InChI=1S/C17H27F2NO6.C7H11F2NO2.ClH/c1-8-24-12(21)17(9-10(17)11(18)19)20(13(22)25-15(2,3)4)14(23)26-16(5,6)7;1-2-12-6(11)7(10)3-4(7)5(8)9;/h10-11H,8-9H2,1-7H3;4-5H,2-3,10H2,1H3;1H/t10-,17+;4-,7+;/m00./s1. The van der Waals surface area contributed by atoms with Crippen LogP contribution in [0.5, 0.6) is 0 Å². The lowest BCUT2D eigenvalue weighted by atomic mass is 10.1. The van der Waals surface area contributed by atoms with Crippen LogP contribution in [-0.2, 0) is 28.5 Å². The average molecular weight is 595 g/mol. The molecule has 2 aliphatic rings. The molecule has 0 radical (unpaired) electrons. The molecular formula is C24H39ClF4N2O8. The third-order valence-corrected chi connectivity index (χ3v) is 5.49. The van der Waals surface area contributed by atoms with Gasteiger partial charge in [0.1, 0.15) is 16.7 Å². The van der Waals surface area contributed by atoms with E-state index in [0.717, 1.165) is 0 Å². The number of nitrogens with two attached hydrogens (primary N) is 1. The van der Waals surface area contributed by atoms with Gasteiger partial charge < -0.3 is 24.7 Å². The molecule has 2 aliphatic carbocycles. The highest BCUT2D eigenvalue weighted by atomic mass is 35.5. The van der Waals surface area contributed by atoms with Crippen LogP contribution in [0, 0.1) is 11.8 Å². The van der Waals surface area contributed by atoms with Crippen LogP contribution in [0.2, 0.25) is 0 Å². The Morgan fingerprint density at radius 1 is 0.795 bits per heavy atom. The quantitative estimate of drug-likeness (QED) is 0.253. The number of ether oxygens (including phenoxy) is 4. The number of amides is 2. The molecule has 0 aromatic rings. The molecule has 0 saturated heterocycles. The van der Waals surface area contributed by atoms with Crippen LogP contribution in [-0.4, -0.2) is 77.4 Å². The number of hydrogen-bond donors (Lipinski definition) is 1. The molecule has 4 atom stereocenters. The number of imide groups is 1. The zero-order chi connectivity index (χ0) is 29.9. The summed E-state index contributed by atoms with van der Waals surface area (Å²) in [4.78, 5) is 48.9. The number of alkyl halides is 4. The molecule has 10 nitrogen and oxygen atoms in total. The first-order valence-corrected chi connectivity index (χ1v) is 12.1. The summed E-state index contributed by atoms with van der Waals surface area (Å²) in [6.45, 7) is 12.5. The highest BCUT2D eigenvalue weighted by Gasteiger charge is 2.73. The molecule has 0 aliphatic heterocycles. The van der Waals surface area contributed by atoms with Crippen molar-refractivity contribution in [2.24, 2.45) is 17.6 Å². The number of nitrogens with zero attached hydrogens (tertiary/aromatic N) is 1. The van der Waals surface area contributed by atoms with E-state index in [4.69, 9.17) is 19.9 Å². The molecular weight excluding hydrogens is 556 g/mol. The van der Waals surface area contributed by atoms with E-state index < -0.39 is 77.5 Å². The summed E-state index contributed by atoms with van der Waals surface area (Å²) in [6, 6.07) is 0. The van der Waals surface area contributed by atoms with Crippen LogP contribution in [0.1, 0.15) is 68.2 Å². The van der Waals surface area contributed by atoms with Crippen molar-refractivity contribution in [3.8, 4) is 0 Å². The minimum absolute atomic E-state index is 0. The van der Waals surface area contributed by atoms with E-state index in [9.17, 15) is 36.7 Å². The van der Waals surface area contributed by atoms with Gasteiger partial charge in [0, 0.05) is 0 Å². The van der Waals surface area contributed by atoms with Gasteiger partial charge in [0.15, 0.2) is 5.54 Å². The molecule has 0 spiro atoms. The molecule has 2 N–H and O–H groups in total. The molecule has 0 heterocycles. The van der Waals surface area contributed by atoms with E-state index in [-0.39, 0.29) is 32.0 Å². The molecule has 0 aromatic carbocycles. The van der Waals surface area contributed by atoms with Crippen molar-refractivity contribution in [3.63, 3.8) is 0 Å². The third-order valence-electron chi connectivity index (χ3n) is 5.49. The van der Waals surface area contributed by atoms with Crippen LogP contribution in [0.25, 0.3) is 0 Å². The molecule has 39 heavy (non-hydrogen) atoms. The Hall–Kier alpha value is -2.35. The maximum absolute atomic E-state index is 13.3. The minimum Gasteiger partial charge on any atom is -0.465 e. The molecule has 0 aromatic heterocycles. The summed E-state index contributed by atoms with van der Waals surface area (Å²) < 4.78 is 70.5. The predicted octanol–water partition coefficient (Wildman–Crippen LogP) is 4.70. The number of carbonyl (C=O) groups is 4. The third kappa shape index (κ3) is 9.37. The molecule has 2 fully saturated rings. The van der Waals surface area contributed by atoms with E-state index in [1.165, 1.54) is 6.92 Å². The highest BCUT2D eigenvalue weighted by Crippen LogP contribution is 2.53. The van der Waals surface area contributed by atoms with E-state index in [2.05, 4.69) is 4.74 Å². The van der Waals surface area contributed by atoms with Crippen LogP contribution in [0.15, 0.2) is 0 Å². The van der Waals surface area contributed by atoms with Crippen molar-refractivity contribution in [2.45, 2.75) is 103 Å². The average Bonchev–Trinajstić information content (AvgIpc) is 3.61. The maximum atomic E-state index is 13.3. The second-order valence-electron chi connectivity index (χ2n) is 11.0. The van der Waals surface area contributed by atoms with Crippen molar-refractivity contribution < 1.29 is 55.7 Å². The summed E-state index contributed by atoms with van der Waals surface area (Å²) >= 11 is 0. The van der Waals surface area contributed by atoms with Gasteiger partial charge in [-0.1, -0.05) is 0 Å². The second kappa shape index (κ2) is 13.3. The van der Waals surface area contributed by atoms with Gasteiger partial charge in [-0.05, 0) is 68.2 Å². The predicted molar refractivity (Wildman–Crippen MR) is 133 cm³/mol. The molecule has 0 unspecified atom stereocenters. The first-order chi connectivity index (χ1) is 17.2. The van der Waals surface area contributed by atoms with E-state index in [0.29, 0.717) is 4.90 Å². The molecule has 2 amide bonds. The van der Waals surface area contributed by atoms with Gasteiger partial charge in [0.2, 0.25) is 12.9 Å². The number of rotatable bonds is 7.